The molecule has 0 amide bonds. The zero-order chi connectivity index (χ0) is 13.5. The van der Waals surface area contributed by atoms with Gasteiger partial charge in [0.15, 0.2) is 0 Å². The van der Waals surface area contributed by atoms with Crippen molar-refractivity contribution < 1.29 is 4.39 Å². The summed E-state index contributed by atoms with van der Waals surface area (Å²) in [5.41, 5.74) is 7.48. The molecule has 0 aliphatic rings. The predicted molar refractivity (Wildman–Crippen MR) is 75.2 cm³/mol. The third kappa shape index (κ3) is 5.15. The molecule has 3 heteroatoms. The van der Waals surface area contributed by atoms with Crippen LogP contribution in [0.5, 0.6) is 0 Å². The molecule has 1 atom stereocenters. The van der Waals surface area contributed by atoms with E-state index in [0.717, 1.165) is 38.0 Å². The maximum absolute atomic E-state index is 13.1. The van der Waals surface area contributed by atoms with Gasteiger partial charge in [0.05, 0.1) is 0 Å². The first-order chi connectivity index (χ1) is 8.52. The summed E-state index contributed by atoms with van der Waals surface area (Å²) in [7, 11) is 2.13. The van der Waals surface area contributed by atoms with Crippen LogP contribution in [0.3, 0.4) is 0 Å². The second-order valence-electron chi connectivity index (χ2n) is 5.28. The molecule has 1 unspecified atom stereocenters. The van der Waals surface area contributed by atoms with Gasteiger partial charge in [-0.25, -0.2) is 4.39 Å². The average molecular weight is 252 g/mol. The molecular formula is C15H25FN2. The van der Waals surface area contributed by atoms with Gasteiger partial charge in [0.2, 0.25) is 0 Å². The van der Waals surface area contributed by atoms with Crippen molar-refractivity contribution in [3.63, 3.8) is 0 Å². The normalized spacial score (nSPS) is 13.0. The third-order valence-corrected chi connectivity index (χ3v) is 3.29. The highest BCUT2D eigenvalue weighted by Gasteiger charge is 2.06. The number of rotatable bonds is 7. The monoisotopic (exact) mass is 252 g/mol. The molecule has 2 nitrogen and oxygen atoms in total. The molecular weight excluding hydrogens is 227 g/mol. The lowest BCUT2D eigenvalue weighted by Crippen LogP contribution is -2.27. The Hall–Kier alpha value is -0.930. The van der Waals surface area contributed by atoms with E-state index in [9.17, 15) is 4.39 Å². The lowest BCUT2D eigenvalue weighted by atomic mass is 10.1. The highest BCUT2D eigenvalue weighted by atomic mass is 19.1. The van der Waals surface area contributed by atoms with E-state index >= 15 is 0 Å². The topological polar surface area (TPSA) is 29.3 Å². The van der Waals surface area contributed by atoms with Crippen LogP contribution in [-0.2, 0) is 6.42 Å². The Bertz CT molecular complexity index is 366. The predicted octanol–water partition coefficient (Wildman–Crippen LogP) is 2.59. The molecule has 0 saturated carbocycles. The van der Waals surface area contributed by atoms with Crippen molar-refractivity contribution in [3.05, 3.63) is 35.1 Å². The summed E-state index contributed by atoms with van der Waals surface area (Å²) < 4.78 is 13.1. The molecule has 102 valence electrons. The van der Waals surface area contributed by atoms with E-state index in [1.165, 1.54) is 5.56 Å². The number of halogens is 1. The Morgan fingerprint density at radius 2 is 2.11 bits per heavy atom. The second kappa shape index (κ2) is 7.49. The molecule has 1 rings (SSSR count). The van der Waals surface area contributed by atoms with Crippen molar-refractivity contribution in [2.45, 2.75) is 26.7 Å². The van der Waals surface area contributed by atoms with E-state index in [1.807, 2.05) is 19.1 Å². The maximum Gasteiger partial charge on any atom is 0.126 e. The lowest BCUT2D eigenvalue weighted by Gasteiger charge is -2.21. The molecule has 0 heterocycles. The summed E-state index contributed by atoms with van der Waals surface area (Å²) in [4.78, 5) is 2.32. The summed E-state index contributed by atoms with van der Waals surface area (Å²) >= 11 is 0. The van der Waals surface area contributed by atoms with Gasteiger partial charge >= 0.3 is 0 Å². The van der Waals surface area contributed by atoms with Gasteiger partial charge in [-0.2, -0.15) is 0 Å². The first-order valence-electron chi connectivity index (χ1n) is 6.66. The van der Waals surface area contributed by atoms with Crippen molar-refractivity contribution in [1.29, 1.82) is 0 Å². The minimum absolute atomic E-state index is 0.122. The van der Waals surface area contributed by atoms with Gasteiger partial charge in [-0.15, -0.1) is 0 Å². The van der Waals surface area contributed by atoms with Crippen LogP contribution in [0.2, 0.25) is 0 Å². The highest BCUT2D eigenvalue weighted by Crippen LogP contribution is 2.10. The van der Waals surface area contributed by atoms with Crippen LogP contribution >= 0.6 is 0 Å². The van der Waals surface area contributed by atoms with Gasteiger partial charge in [0, 0.05) is 13.1 Å². The van der Waals surface area contributed by atoms with Gasteiger partial charge in [-0.1, -0.05) is 19.1 Å². The summed E-state index contributed by atoms with van der Waals surface area (Å²) in [5, 5.41) is 0. The molecule has 0 bridgehead atoms. The van der Waals surface area contributed by atoms with Crippen LogP contribution in [0.1, 0.15) is 24.5 Å². The number of nitrogens with zero attached hydrogens (tertiary/aromatic N) is 1. The van der Waals surface area contributed by atoms with Crippen molar-refractivity contribution in [2.24, 2.45) is 11.7 Å². The molecule has 0 fully saturated rings. The molecule has 2 N–H and O–H groups in total. The van der Waals surface area contributed by atoms with E-state index in [-0.39, 0.29) is 5.82 Å². The molecule has 1 aromatic carbocycles. The Balaban J connectivity index is 2.37. The number of benzene rings is 1. The molecule has 0 aliphatic carbocycles. The fraction of sp³-hybridized carbons (Fsp3) is 0.600. The second-order valence-corrected chi connectivity index (χ2v) is 5.28. The fourth-order valence-corrected chi connectivity index (χ4v) is 2.18. The smallest absolute Gasteiger partial charge is 0.126 e. The molecule has 0 aliphatic heterocycles. The summed E-state index contributed by atoms with van der Waals surface area (Å²) in [5.74, 6) is 0.513. The van der Waals surface area contributed by atoms with Crippen LogP contribution in [0.15, 0.2) is 18.2 Å². The first kappa shape index (κ1) is 15.1. The van der Waals surface area contributed by atoms with Crippen LogP contribution in [0, 0.1) is 18.7 Å². The molecule has 0 saturated heterocycles. The third-order valence-electron chi connectivity index (χ3n) is 3.29. The summed E-state index contributed by atoms with van der Waals surface area (Å²) in [6, 6.07) is 5.37. The zero-order valence-corrected chi connectivity index (χ0v) is 11.7. The number of hydrogen-bond acceptors (Lipinski definition) is 2. The van der Waals surface area contributed by atoms with Gasteiger partial charge in [0.25, 0.3) is 0 Å². The molecule has 1 aromatic rings. The zero-order valence-electron chi connectivity index (χ0n) is 11.7. The first-order valence-corrected chi connectivity index (χ1v) is 6.66. The van der Waals surface area contributed by atoms with Gasteiger partial charge in [0.1, 0.15) is 5.82 Å². The Kier molecular flexibility index (Phi) is 6.30. The van der Waals surface area contributed by atoms with Crippen LogP contribution in [0.25, 0.3) is 0 Å². The minimum atomic E-state index is -0.122. The van der Waals surface area contributed by atoms with E-state index < -0.39 is 0 Å². The van der Waals surface area contributed by atoms with Crippen LogP contribution in [-0.4, -0.2) is 31.6 Å². The van der Waals surface area contributed by atoms with Crippen LogP contribution in [0.4, 0.5) is 4.39 Å². The van der Waals surface area contributed by atoms with Crippen molar-refractivity contribution >= 4 is 0 Å². The van der Waals surface area contributed by atoms with Crippen molar-refractivity contribution in [1.82, 2.24) is 4.90 Å². The lowest BCUT2D eigenvalue weighted by molar-refractivity contribution is 0.283. The Labute approximate surface area is 110 Å². The van der Waals surface area contributed by atoms with E-state index in [2.05, 4.69) is 18.9 Å². The van der Waals surface area contributed by atoms with Crippen molar-refractivity contribution in [2.75, 3.05) is 26.7 Å². The molecule has 0 aromatic heterocycles. The van der Waals surface area contributed by atoms with E-state index in [0.29, 0.717) is 5.92 Å². The molecule has 0 radical (unpaired) electrons. The minimum Gasteiger partial charge on any atom is -0.330 e. The largest absolute Gasteiger partial charge is 0.330 e. The number of hydrogen-bond donors (Lipinski definition) is 1. The van der Waals surface area contributed by atoms with E-state index in [4.69, 9.17) is 5.73 Å². The van der Waals surface area contributed by atoms with Crippen LogP contribution < -0.4 is 5.73 Å². The van der Waals surface area contributed by atoms with Gasteiger partial charge in [-0.3, -0.25) is 0 Å². The summed E-state index contributed by atoms with van der Waals surface area (Å²) in [6.45, 7) is 6.86. The Morgan fingerprint density at radius 1 is 1.39 bits per heavy atom. The van der Waals surface area contributed by atoms with E-state index in [1.54, 1.807) is 6.07 Å². The van der Waals surface area contributed by atoms with Gasteiger partial charge in [-0.05, 0) is 56.5 Å². The SMILES string of the molecule is Cc1cc(CCN(C)CC(C)CCN)ccc1F. The number of nitrogens with two attached hydrogens (primary N) is 1. The maximum atomic E-state index is 13.1. The highest BCUT2D eigenvalue weighted by molar-refractivity contribution is 5.24. The quantitative estimate of drug-likeness (QED) is 0.808. The standard InChI is InChI=1S/C15H25FN2/c1-12(6-8-17)11-18(3)9-7-14-4-5-15(16)13(2)10-14/h4-5,10,12H,6-9,11,17H2,1-3H3. The van der Waals surface area contributed by atoms with Crippen molar-refractivity contribution in [3.8, 4) is 0 Å². The number of aryl methyl sites for hydroxylation is 1. The Morgan fingerprint density at radius 3 is 2.72 bits per heavy atom. The average Bonchev–Trinajstić information content (AvgIpc) is 2.31. The van der Waals surface area contributed by atoms with Gasteiger partial charge < -0.3 is 10.6 Å². The molecule has 0 spiro atoms. The summed E-state index contributed by atoms with van der Waals surface area (Å²) in [6.07, 6.45) is 2.03. The number of likely N-dealkylation sites (N-methyl/N-ethyl adjacent to an activating group) is 1. The molecule has 18 heavy (non-hydrogen) atoms. The fourth-order valence-electron chi connectivity index (χ4n) is 2.18.